The highest BCUT2D eigenvalue weighted by Gasteiger charge is 2.30. The third-order valence-electron chi connectivity index (χ3n) is 6.53. The summed E-state index contributed by atoms with van der Waals surface area (Å²) in [5.74, 6) is 1.52. The minimum Gasteiger partial charge on any atom is -0.379 e. The number of pyridine rings is 1. The number of aromatic nitrogens is 3. The molecule has 2 saturated heterocycles. The van der Waals surface area contributed by atoms with E-state index >= 15 is 0 Å². The quantitative estimate of drug-likeness (QED) is 0.609. The number of carbonyl (C=O) groups is 1. The number of rotatable bonds is 5. The molecule has 2 aliphatic rings. The average Bonchev–Trinajstić information content (AvgIpc) is 3.47. The smallest absolute Gasteiger partial charge is 0.223 e. The maximum atomic E-state index is 13.0. The van der Waals surface area contributed by atoms with Gasteiger partial charge in [0.05, 0.1) is 23.7 Å². The van der Waals surface area contributed by atoms with Crippen LogP contribution in [-0.4, -0.2) is 52.8 Å². The number of carbonyl (C=O) groups excluding carboxylic acids is 1. The van der Waals surface area contributed by atoms with E-state index < -0.39 is 6.67 Å². The molecule has 2 fully saturated rings. The SMILES string of the molecule is Cc1cc2nc(N3CCC(C(=O)N[C@@H]4CCOC4)CC3)n(-c3ccc(CF)cn3)c2cc1Cl. The van der Waals surface area contributed by atoms with Crippen molar-refractivity contribution in [3.05, 3.63) is 46.6 Å². The Morgan fingerprint density at radius 3 is 2.76 bits per heavy atom. The van der Waals surface area contributed by atoms with Crippen molar-refractivity contribution in [1.82, 2.24) is 19.9 Å². The van der Waals surface area contributed by atoms with Crippen LogP contribution in [0.15, 0.2) is 30.5 Å². The molecule has 174 valence electrons. The average molecular weight is 472 g/mol. The maximum absolute atomic E-state index is 13.0. The number of amides is 1. The molecule has 4 heterocycles. The van der Waals surface area contributed by atoms with Crippen molar-refractivity contribution in [1.29, 1.82) is 0 Å². The molecule has 0 saturated carbocycles. The third kappa shape index (κ3) is 4.42. The molecule has 3 aromatic rings. The van der Waals surface area contributed by atoms with Crippen LogP contribution in [0.3, 0.4) is 0 Å². The lowest BCUT2D eigenvalue weighted by Gasteiger charge is -2.32. The number of nitrogens with zero attached hydrogens (tertiary/aromatic N) is 4. The van der Waals surface area contributed by atoms with Crippen molar-refractivity contribution in [2.75, 3.05) is 31.2 Å². The van der Waals surface area contributed by atoms with Gasteiger partial charge in [-0.15, -0.1) is 0 Å². The highest BCUT2D eigenvalue weighted by molar-refractivity contribution is 6.32. The number of nitrogens with one attached hydrogen (secondary N) is 1. The Hall–Kier alpha value is -2.71. The summed E-state index contributed by atoms with van der Waals surface area (Å²) >= 11 is 6.44. The first-order valence-electron chi connectivity index (χ1n) is 11.4. The number of anilines is 1. The summed E-state index contributed by atoms with van der Waals surface area (Å²) in [7, 11) is 0. The number of ether oxygens (including phenoxy) is 1. The highest BCUT2D eigenvalue weighted by Crippen LogP contribution is 2.32. The first-order valence-corrected chi connectivity index (χ1v) is 11.7. The van der Waals surface area contributed by atoms with Crippen LogP contribution in [0.1, 0.15) is 30.4 Å². The van der Waals surface area contributed by atoms with E-state index in [0.717, 1.165) is 41.8 Å². The summed E-state index contributed by atoms with van der Waals surface area (Å²) in [6.45, 7) is 4.12. The van der Waals surface area contributed by atoms with Crippen molar-refractivity contribution in [2.24, 2.45) is 5.92 Å². The zero-order valence-electron chi connectivity index (χ0n) is 18.6. The molecule has 0 unspecified atom stereocenters. The number of fused-ring (bicyclic) bond motifs is 1. The van der Waals surface area contributed by atoms with Gasteiger partial charge < -0.3 is 15.0 Å². The van der Waals surface area contributed by atoms with Crippen LogP contribution in [0.4, 0.5) is 10.3 Å². The van der Waals surface area contributed by atoms with Gasteiger partial charge in [-0.25, -0.2) is 14.4 Å². The van der Waals surface area contributed by atoms with Crippen molar-refractivity contribution >= 4 is 34.5 Å². The molecule has 2 aromatic heterocycles. The predicted octanol–water partition coefficient (Wildman–Crippen LogP) is 3.97. The van der Waals surface area contributed by atoms with Crippen LogP contribution in [0.5, 0.6) is 0 Å². The molecule has 5 rings (SSSR count). The van der Waals surface area contributed by atoms with Crippen LogP contribution >= 0.6 is 11.6 Å². The van der Waals surface area contributed by atoms with Crippen LogP contribution in [-0.2, 0) is 16.2 Å². The van der Waals surface area contributed by atoms with Crippen LogP contribution < -0.4 is 10.2 Å². The number of hydrogen-bond acceptors (Lipinski definition) is 5. The van der Waals surface area contributed by atoms with Gasteiger partial charge >= 0.3 is 0 Å². The Balaban J connectivity index is 1.42. The van der Waals surface area contributed by atoms with Crippen molar-refractivity contribution in [3.63, 3.8) is 0 Å². The lowest BCUT2D eigenvalue weighted by atomic mass is 9.95. The molecule has 1 atom stereocenters. The Morgan fingerprint density at radius 2 is 2.09 bits per heavy atom. The summed E-state index contributed by atoms with van der Waals surface area (Å²) in [4.78, 5) is 24.3. The molecule has 9 heteroatoms. The Morgan fingerprint density at radius 1 is 1.27 bits per heavy atom. The van der Waals surface area contributed by atoms with Crippen molar-refractivity contribution < 1.29 is 13.9 Å². The zero-order chi connectivity index (χ0) is 22.9. The standard InChI is InChI=1S/C24H27ClFN5O2/c1-15-10-20-21(11-19(15)25)31(22-3-2-16(12-26)13-27-22)24(29-20)30-7-4-17(5-8-30)23(32)28-18-6-9-33-14-18/h2-3,10-11,13,17-18H,4-9,12,14H2,1H3,(H,28,32)/t18-/m1/s1. The van der Waals surface area contributed by atoms with Crippen LogP contribution in [0.2, 0.25) is 5.02 Å². The summed E-state index contributed by atoms with van der Waals surface area (Å²) in [6, 6.07) is 7.54. The van der Waals surface area contributed by atoms with E-state index in [0.29, 0.717) is 42.7 Å². The Labute approximate surface area is 196 Å². The number of hydrogen-bond donors (Lipinski definition) is 1. The molecule has 0 bridgehead atoms. The number of piperidine rings is 1. The van der Waals surface area contributed by atoms with E-state index in [9.17, 15) is 9.18 Å². The first-order chi connectivity index (χ1) is 16.0. The fraction of sp³-hybridized carbons (Fsp3) is 0.458. The lowest BCUT2D eigenvalue weighted by molar-refractivity contribution is -0.126. The molecular weight excluding hydrogens is 445 g/mol. The molecular formula is C24H27ClFN5O2. The summed E-state index contributed by atoms with van der Waals surface area (Å²) < 4.78 is 20.4. The fourth-order valence-electron chi connectivity index (χ4n) is 4.56. The van der Waals surface area contributed by atoms with Crippen LogP contribution in [0.25, 0.3) is 16.9 Å². The number of aryl methyl sites for hydroxylation is 1. The largest absolute Gasteiger partial charge is 0.379 e. The van der Waals surface area contributed by atoms with E-state index in [4.69, 9.17) is 21.3 Å². The number of benzene rings is 1. The second kappa shape index (κ2) is 9.27. The Kier molecular flexibility index (Phi) is 6.21. The van der Waals surface area contributed by atoms with Gasteiger partial charge in [0, 0.05) is 42.4 Å². The van der Waals surface area contributed by atoms with Gasteiger partial charge in [0.2, 0.25) is 11.9 Å². The van der Waals surface area contributed by atoms with Gasteiger partial charge in [0.1, 0.15) is 12.5 Å². The molecule has 1 N–H and O–H groups in total. The van der Waals surface area contributed by atoms with Gasteiger partial charge in [0.15, 0.2) is 0 Å². The van der Waals surface area contributed by atoms with E-state index in [-0.39, 0.29) is 17.9 Å². The minimum absolute atomic E-state index is 0.0154. The molecule has 1 aromatic carbocycles. The molecule has 33 heavy (non-hydrogen) atoms. The van der Waals surface area contributed by atoms with Crippen molar-refractivity contribution in [2.45, 2.75) is 38.9 Å². The van der Waals surface area contributed by atoms with Crippen LogP contribution in [0, 0.1) is 12.8 Å². The highest BCUT2D eigenvalue weighted by atomic mass is 35.5. The second-order valence-electron chi connectivity index (χ2n) is 8.83. The topological polar surface area (TPSA) is 72.3 Å². The van der Waals surface area contributed by atoms with Gasteiger partial charge in [0.25, 0.3) is 0 Å². The molecule has 2 aliphatic heterocycles. The monoisotopic (exact) mass is 471 g/mol. The fourth-order valence-corrected chi connectivity index (χ4v) is 4.72. The van der Waals surface area contributed by atoms with E-state index in [1.165, 1.54) is 0 Å². The summed E-state index contributed by atoms with van der Waals surface area (Å²) in [6.07, 6.45) is 3.92. The second-order valence-corrected chi connectivity index (χ2v) is 9.23. The van der Waals surface area contributed by atoms with Gasteiger partial charge in [-0.3, -0.25) is 9.36 Å². The normalized spacial score (nSPS) is 19.4. The Bertz CT molecular complexity index is 1150. The molecule has 0 spiro atoms. The molecule has 0 aliphatic carbocycles. The summed E-state index contributed by atoms with van der Waals surface area (Å²) in [5, 5.41) is 3.78. The predicted molar refractivity (Wildman–Crippen MR) is 126 cm³/mol. The lowest BCUT2D eigenvalue weighted by Crippen LogP contribution is -2.44. The van der Waals surface area contributed by atoms with E-state index in [2.05, 4.69) is 15.2 Å². The number of imidazole rings is 1. The minimum atomic E-state index is -0.557. The number of alkyl halides is 1. The van der Waals surface area contributed by atoms with E-state index in [1.54, 1.807) is 18.3 Å². The maximum Gasteiger partial charge on any atom is 0.223 e. The molecule has 7 nitrogen and oxygen atoms in total. The van der Waals surface area contributed by atoms with Gasteiger partial charge in [-0.2, -0.15) is 0 Å². The zero-order valence-corrected chi connectivity index (χ0v) is 19.3. The number of halogens is 2. The summed E-state index contributed by atoms with van der Waals surface area (Å²) in [5.41, 5.74) is 3.15. The van der Waals surface area contributed by atoms with Gasteiger partial charge in [-0.1, -0.05) is 17.7 Å². The third-order valence-corrected chi connectivity index (χ3v) is 6.94. The van der Waals surface area contributed by atoms with Gasteiger partial charge in [-0.05, 0) is 49.9 Å². The molecule has 0 radical (unpaired) electrons. The van der Waals surface area contributed by atoms with Crippen molar-refractivity contribution in [3.8, 4) is 5.82 Å². The molecule has 1 amide bonds. The van der Waals surface area contributed by atoms with E-state index in [1.807, 2.05) is 23.6 Å². The first kappa shape index (κ1) is 22.1.